The van der Waals surface area contributed by atoms with Crippen LogP contribution in [0.2, 0.25) is 0 Å². The van der Waals surface area contributed by atoms with Crippen molar-refractivity contribution in [3.8, 4) is 0 Å². The van der Waals surface area contributed by atoms with Crippen molar-refractivity contribution in [1.82, 2.24) is 4.90 Å². The Morgan fingerprint density at radius 1 is 1.17 bits per heavy atom. The van der Waals surface area contributed by atoms with Crippen LogP contribution in [0, 0.1) is 0 Å². The third-order valence-corrected chi connectivity index (χ3v) is 2.90. The van der Waals surface area contributed by atoms with Crippen molar-refractivity contribution in [3.63, 3.8) is 0 Å². The third kappa shape index (κ3) is 8.51. The van der Waals surface area contributed by atoms with E-state index < -0.39 is 0 Å². The Labute approximate surface area is 121 Å². The fourth-order valence-corrected chi connectivity index (χ4v) is 1.93. The average Bonchev–Trinajstić information content (AvgIpc) is 2.29. The molecule has 2 nitrogen and oxygen atoms in total. The Balaban J connectivity index is 0.00000289. The van der Waals surface area contributed by atoms with Crippen molar-refractivity contribution in [2.24, 2.45) is 0 Å². The average molecular weight is 290 g/mol. The maximum absolute atomic E-state index is 10.5. The molecule has 1 rings (SSSR count). The number of benzene rings is 1. The molecule has 0 aliphatic carbocycles. The summed E-state index contributed by atoms with van der Waals surface area (Å²) in [5.74, 6) is 0. The van der Waals surface area contributed by atoms with E-state index in [0.717, 1.165) is 32.4 Å². The molecule has 102 valence electrons. The summed E-state index contributed by atoms with van der Waals surface area (Å²) in [6, 6.07) is 10.4. The van der Waals surface area contributed by atoms with Gasteiger partial charge < -0.3 is 4.90 Å². The van der Waals surface area contributed by atoms with Crippen molar-refractivity contribution < 1.29 is 4.79 Å². The molecule has 0 saturated carbocycles. The van der Waals surface area contributed by atoms with Crippen molar-refractivity contribution in [2.75, 3.05) is 13.6 Å². The highest BCUT2D eigenvalue weighted by Crippen LogP contribution is 2.06. The second-order valence-corrected chi connectivity index (χ2v) is 4.81. The summed E-state index contributed by atoms with van der Waals surface area (Å²) < 4.78 is 0. The van der Waals surface area contributed by atoms with Crippen LogP contribution in [0.5, 0.6) is 0 Å². The van der Waals surface area contributed by atoms with Gasteiger partial charge >= 0.3 is 0 Å². The van der Waals surface area contributed by atoms with Gasteiger partial charge in [0.1, 0.15) is 0 Å². The first-order valence-electron chi connectivity index (χ1n) is 6.09. The molecule has 1 aromatic carbocycles. The lowest BCUT2D eigenvalue weighted by atomic mass is 10.2. The van der Waals surface area contributed by atoms with Crippen LogP contribution in [0.3, 0.4) is 0 Å². The third-order valence-electron chi connectivity index (χ3n) is 2.71. The molecule has 0 bridgehead atoms. The van der Waals surface area contributed by atoms with Crippen molar-refractivity contribution in [3.05, 3.63) is 35.9 Å². The smallest absolute Gasteiger partial charge is 0.221 e. The number of carbonyl (C=O) groups excluding carboxylic acids is 1. The van der Waals surface area contributed by atoms with E-state index in [-0.39, 0.29) is 17.6 Å². The molecule has 1 aromatic rings. The lowest BCUT2D eigenvalue weighted by molar-refractivity contribution is -0.111. The number of halogens is 2. The van der Waals surface area contributed by atoms with Gasteiger partial charge in [-0.15, -0.1) is 12.4 Å². The van der Waals surface area contributed by atoms with Gasteiger partial charge in [0.2, 0.25) is 5.24 Å². The molecule has 18 heavy (non-hydrogen) atoms. The number of hydrogen-bond donors (Lipinski definition) is 0. The van der Waals surface area contributed by atoms with Gasteiger partial charge in [-0.2, -0.15) is 0 Å². The van der Waals surface area contributed by atoms with Gasteiger partial charge in [0.15, 0.2) is 0 Å². The van der Waals surface area contributed by atoms with E-state index in [0.29, 0.717) is 6.42 Å². The molecule has 0 aromatic heterocycles. The molecule has 0 fully saturated rings. The number of hydrogen-bond acceptors (Lipinski definition) is 2. The van der Waals surface area contributed by atoms with Crippen LogP contribution in [0.25, 0.3) is 0 Å². The Bertz CT molecular complexity index is 330. The summed E-state index contributed by atoms with van der Waals surface area (Å²) in [6.45, 7) is 2.04. The molecule has 0 spiro atoms. The zero-order valence-corrected chi connectivity index (χ0v) is 12.3. The molecular formula is C14H21Cl2NO. The van der Waals surface area contributed by atoms with E-state index in [4.69, 9.17) is 11.6 Å². The van der Waals surface area contributed by atoms with Crippen molar-refractivity contribution in [2.45, 2.75) is 32.2 Å². The Kier molecular flexibility index (Phi) is 10.0. The maximum Gasteiger partial charge on any atom is 0.221 e. The lowest BCUT2D eigenvalue weighted by Gasteiger charge is -2.16. The number of unbranched alkanes of at least 4 members (excludes halogenated alkanes) is 2. The molecule has 0 unspecified atom stereocenters. The predicted molar refractivity (Wildman–Crippen MR) is 79.4 cm³/mol. The number of nitrogens with zero attached hydrogens (tertiary/aromatic N) is 1. The molecule has 0 aliphatic heterocycles. The van der Waals surface area contributed by atoms with Gasteiger partial charge in [-0.3, -0.25) is 4.79 Å². The van der Waals surface area contributed by atoms with E-state index in [1.165, 1.54) is 5.56 Å². The van der Waals surface area contributed by atoms with Gasteiger partial charge in [-0.1, -0.05) is 36.8 Å². The van der Waals surface area contributed by atoms with Crippen LogP contribution < -0.4 is 0 Å². The minimum absolute atomic E-state index is 0. The second-order valence-electron chi connectivity index (χ2n) is 4.39. The van der Waals surface area contributed by atoms with E-state index in [9.17, 15) is 4.79 Å². The largest absolute Gasteiger partial charge is 0.302 e. The zero-order valence-electron chi connectivity index (χ0n) is 10.8. The normalized spacial score (nSPS) is 10.2. The highest BCUT2D eigenvalue weighted by molar-refractivity contribution is 6.63. The van der Waals surface area contributed by atoms with Gasteiger partial charge in [-0.05, 0) is 43.6 Å². The van der Waals surface area contributed by atoms with Crippen LogP contribution in [0.15, 0.2) is 30.3 Å². The molecule has 0 amide bonds. The van der Waals surface area contributed by atoms with E-state index in [1.807, 2.05) is 6.07 Å². The highest BCUT2D eigenvalue weighted by Gasteiger charge is 2.00. The Morgan fingerprint density at radius 2 is 1.83 bits per heavy atom. The fraction of sp³-hybridized carbons (Fsp3) is 0.500. The van der Waals surface area contributed by atoms with E-state index in [1.54, 1.807) is 0 Å². The zero-order chi connectivity index (χ0) is 12.5. The summed E-state index contributed by atoms with van der Waals surface area (Å²) in [6.07, 6.45) is 3.59. The SMILES string of the molecule is CN(CCCCCC(=O)Cl)Cc1ccccc1.Cl. The Morgan fingerprint density at radius 3 is 2.44 bits per heavy atom. The van der Waals surface area contributed by atoms with Crippen LogP contribution in [-0.2, 0) is 11.3 Å². The minimum atomic E-state index is -0.220. The van der Waals surface area contributed by atoms with Crippen molar-refractivity contribution >= 4 is 29.3 Å². The molecule has 0 heterocycles. The standard InChI is InChI=1S/C14H20ClNO.ClH/c1-16(11-7-3-6-10-14(15)17)12-13-8-4-2-5-9-13;/h2,4-5,8-9H,3,6-7,10-12H2,1H3;1H. The maximum atomic E-state index is 10.5. The minimum Gasteiger partial charge on any atom is -0.302 e. The topological polar surface area (TPSA) is 20.3 Å². The monoisotopic (exact) mass is 289 g/mol. The second kappa shape index (κ2) is 10.4. The summed E-state index contributed by atoms with van der Waals surface area (Å²) in [5, 5.41) is -0.220. The summed E-state index contributed by atoms with van der Waals surface area (Å²) in [4.78, 5) is 12.8. The highest BCUT2D eigenvalue weighted by atomic mass is 35.5. The molecule has 0 aliphatic rings. The van der Waals surface area contributed by atoms with Gasteiger partial charge in [0, 0.05) is 13.0 Å². The predicted octanol–water partition coefficient (Wildman–Crippen LogP) is 3.87. The number of carbonyl (C=O) groups is 1. The van der Waals surface area contributed by atoms with Crippen molar-refractivity contribution in [1.29, 1.82) is 0 Å². The lowest BCUT2D eigenvalue weighted by Crippen LogP contribution is -2.18. The van der Waals surface area contributed by atoms with Crippen LogP contribution in [0.1, 0.15) is 31.2 Å². The quantitative estimate of drug-likeness (QED) is 0.535. The summed E-state index contributed by atoms with van der Waals surface area (Å²) in [7, 11) is 2.12. The van der Waals surface area contributed by atoms with E-state index in [2.05, 4.69) is 36.2 Å². The molecule has 0 atom stereocenters. The van der Waals surface area contributed by atoms with Gasteiger partial charge in [0.25, 0.3) is 0 Å². The molecule has 0 radical (unpaired) electrons. The molecule has 0 N–H and O–H groups in total. The molecular weight excluding hydrogens is 269 g/mol. The first-order valence-corrected chi connectivity index (χ1v) is 6.47. The van der Waals surface area contributed by atoms with Crippen LogP contribution >= 0.6 is 24.0 Å². The first-order chi connectivity index (χ1) is 8.18. The van der Waals surface area contributed by atoms with Gasteiger partial charge in [0.05, 0.1) is 0 Å². The van der Waals surface area contributed by atoms with Crippen LogP contribution in [-0.4, -0.2) is 23.7 Å². The van der Waals surface area contributed by atoms with Crippen LogP contribution in [0.4, 0.5) is 0 Å². The Hall–Kier alpha value is -0.570. The molecule has 4 heteroatoms. The van der Waals surface area contributed by atoms with E-state index >= 15 is 0 Å². The fourth-order valence-electron chi connectivity index (χ4n) is 1.80. The first kappa shape index (κ1) is 17.4. The molecule has 0 saturated heterocycles. The van der Waals surface area contributed by atoms with Gasteiger partial charge in [-0.25, -0.2) is 0 Å². The summed E-state index contributed by atoms with van der Waals surface area (Å²) in [5.41, 5.74) is 1.34. The number of rotatable bonds is 8. The summed E-state index contributed by atoms with van der Waals surface area (Å²) >= 11 is 5.28.